The molecule has 0 bridgehead atoms. The number of carboxylic acids is 1. The Bertz CT molecular complexity index is 392. The molecule has 1 aromatic carbocycles. The van der Waals surface area contributed by atoms with Crippen LogP contribution in [0.2, 0.25) is 0 Å². The zero-order chi connectivity index (χ0) is 11.5. The maximum atomic E-state index is 11.1. The molecule has 1 fully saturated rings. The number of hydrogen-bond acceptors (Lipinski definition) is 3. The number of carbonyl (C=O) groups is 1. The SMILES string of the molecule is O=C(O)c1ccccc1N1CC[C@@H](CO)C1. The molecule has 0 saturated carbocycles. The van der Waals surface area contributed by atoms with Crippen molar-refractivity contribution in [1.29, 1.82) is 0 Å². The van der Waals surface area contributed by atoms with Gasteiger partial charge in [0.05, 0.1) is 11.3 Å². The molecule has 1 aromatic rings. The molecular weight excluding hydrogens is 206 g/mol. The zero-order valence-corrected chi connectivity index (χ0v) is 8.97. The first kappa shape index (κ1) is 11.0. The van der Waals surface area contributed by atoms with Crippen LogP contribution in [-0.2, 0) is 0 Å². The van der Waals surface area contributed by atoms with Crippen LogP contribution < -0.4 is 4.90 Å². The van der Waals surface area contributed by atoms with Crippen LogP contribution in [0, 0.1) is 5.92 Å². The molecule has 4 nitrogen and oxygen atoms in total. The van der Waals surface area contributed by atoms with E-state index in [1.165, 1.54) is 0 Å². The maximum Gasteiger partial charge on any atom is 0.337 e. The molecule has 0 aromatic heterocycles. The van der Waals surface area contributed by atoms with E-state index in [1.54, 1.807) is 12.1 Å². The highest BCUT2D eigenvalue weighted by atomic mass is 16.4. The Morgan fingerprint density at radius 3 is 2.81 bits per heavy atom. The van der Waals surface area contributed by atoms with Crippen molar-refractivity contribution >= 4 is 11.7 Å². The van der Waals surface area contributed by atoms with E-state index in [-0.39, 0.29) is 12.5 Å². The lowest BCUT2D eigenvalue weighted by molar-refractivity contribution is 0.0697. The number of nitrogens with zero attached hydrogens (tertiary/aromatic N) is 1. The van der Waals surface area contributed by atoms with Gasteiger partial charge >= 0.3 is 5.97 Å². The largest absolute Gasteiger partial charge is 0.478 e. The summed E-state index contributed by atoms with van der Waals surface area (Å²) in [7, 11) is 0. The van der Waals surface area contributed by atoms with Crippen LogP contribution in [0.1, 0.15) is 16.8 Å². The predicted octanol–water partition coefficient (Wildman–Crippen LogP) is 1.20. The second-order valence-electron chi connectivity index (χ2n) is 4.11. The standard InChI is InChI=1S/C12H15NO3/c14-8-9-5-6-13(7-9)11-4-2-1-3-10(11)12(15)16/h1-4,9,14H,5-8H2,(H,15,16)/t9-/m1/s1. The van der Waals surface area contributed by atoms with E-state index in [4.69, 9.17) is 10.2 Å². The van der Waals surface area contributed by atoms with Crippen LogP contribution in [0.5, 0.6) is 0 Å². The minimum atomic E-state index is -0.900. The molecule has 4 heteroatoms. The van der Waals surface area contributed by atoms with Crippen LogP contribution in [0.25, 0.3) is 0 Å². The smallest absolute Gasteiger partial charge is 0.337 e. The first-order chi connectivity index (χ1) is 7.72. The third-order valence-corrected chi connectivity index (χ3v) is 3.02. The third-order valence-electron chi connectivity index (χ3n) is 3.02. The Morgan fingerprint density at radius 1 is 1.44 bits per heavy atom. The molecule has 1 atom stereocenters. The molecule has 2 N–H and O–H groups in total. The second-order valence-corrected chi connectivity index (χ2v) is 4.11. The van der Waals surface area contributed by atoms with Crippen LogP contribution in [0.4, 0.5) is 5.69 Å². The van der Waals surface area contributed by atoms with Crippen molar-refractivity contribution < 1.29 is 15.0 Å². The Balaban J connectivity index is 2.24. The molecule has 1 aliphatic rings. The molecule has 1 saturated heterocycles. The number of hydrogen-bond donors (Lipinski definition) is 2. The summed E-state index contributed by atoms with van der Waals surface area (Å²) in [4.78, 5) is 13.1. The highest BCUT2D eigenvalue weighted by Gasteiger charge is 2.24. The molecule has 86 valence electrons. The van der Waals surface area contributed by atoms with E-state index in [1.807, 2.05) is 17.0 Å². The summed E-state index contributed by atoms with van der Waals surface area (Å²) in [6, 6.07) is 7.01. The maximum absolute atomic E-state index is 11.1. The minimum Gasteiger partial charge on any atom is -0.478 e. The van der Waals surface area contributed by atoms with E-state index in [0.717, 1.165) is 25.2 Å². The van der Waals surface area contributed by atoms with E-state index < -0.39 is 5.97 Å². The van der Waals surface area contributed by atoms with Gasteiger partial charge in [-0.1, -0.05) is 12.1 Å². The fourth-order valence-corrected chi connectivity index (χ4v) is 2.13. The third kappa shape index (κ3) is 2.02. The van der Waals surface area contributed by atoms with Gasteiger partial charge in [-0.2, -0.15) is 0 Å². The summed E-state index contributed by atoms with van der Waals surface area (Å²) in [5.74, 6) is -0.634. The number of anilines is 1. The van der Waals surface area contributed by atoms with Crippen molar-refractivity contribution in [2.24, 2.45) is 5.92 Å². The highest BCUT2D eigenvalue weighted by Crippen LogP contribution is 2.26. The van der Waals surface area contributed by atoms with Crippen molar-refractivity contribution in [3.8, 4) is 0 Å². The lowest BCUT2D eigenvalue weighted by Gasteiger charge is -2.20. The Kier molecular flexibility index (Phi) is 3.10. The lowest BCUT2D eigenvalue weighted by Crippen LogP contribution is -2.22. The molecule has 0 aliphatic carbocycles. The van der Waals surface area contributed by atoms with Crippen LogP contribution >= 0.6 is 0 Å². The van der Waals surface area contributed by atoms with Gasteiger partial charge in [0.15, 0.2) is 0 Å². The van der Waals surface area contributed by atoms with Gasteiger partial charge in [0.1, 0.15) is 0 Å². The van der Waals surface area contributed by atoms with Gasteiger partial charge < -0.3 is 15.1 Å². The van der Waals surface area contributed by atoms with Gasteiger partial charge in [0.2, 0.25) is 0 Å². The Morgan fingerprint density at radius 2 is 2.19 bits per heavy atom. The lowest BCUT2D eigenvalue weighted by atomic mass is 10.1. The van der Waals surface area contributed by atoms with Gasteiger partial charge in [0.25, 0.3) is 0 Å². The molecule has 0 spiro atoms. The van der Waals surface area contributed by atoms with Crippen LogP contribution in [0.15, 0.2) is 24.3 Å². The summed E-state index contributed by atoms with van der Waals surface area (Å²) in [6.07, 6.45) is 0.921. The molecular formula is C12H15NO3. The van der Waals surface area contributed by atoms with Gasteiger partial charge in [0, 0.05) is 25.6 Å². The molecule has 0 radical (unpaired) electrons. The predicted molar refractivity (Wildman–Crippen MR) is 60.8 cm³/mol. The van der Waals surface area contributed by atoms with Crippen LogP contribution in [-0.4, -0.2) is 35.9 Å². The van der Waals surface area contributed by atoms with E-state index in [0.29, 0.717) is 5.56 Å². The number of aliphatic hydroxyl groups excluding tert-OH is 1. The van der Waals surface area contributed by atoms with E-state index >= 15 is 0 Å². The van der Waals surface area contributed by atoms with Gasteiger partial charge in [-0.25, -0.2) is 4.79 Å². The number of aromatic carboxylic acids is 1. The van der Waals surface area contributed by atoms with Crippen LogP contribution in [0.3, 0.4) is 0 Å². The number of rotatable bonds is 3. The van der Waals surface area contributed by atoms with E-state index in [2.05, 4.69) is 0 Å². The van der Waals surface area contributed by atoms with Crippen molar-refractivity contribution in [2.45, 2.75) is 6.42 Å². The monoisotopic (exact) mass is 221 g/mol. The summed E-state index contributed by atoms with van der Waals surface area (Å²) in [5, 5.41) is 18.1. The molecule has 1 aliphatic heterocycles. The first-order valence-corrected chi connectivity index (χ1v) is 5.40. The Labute approximate surface area is 94.1 Å². The minimum absolute atomic E-state index is 0.172. The Hall–Kier alpha value is -1.55. The van der Waals surface area contributed by atoms with E-state index in [9.17, 15) is 4.79 Å². The quantitative estimate of drug-likeness (QED) is 0.805. The second kappa shape index (κ2) is 4.53. The van der Waals surface area contributed by atoms with Gasteiger partial charge in [-0.3, -0.25) is 0 Å². The van der Waals surface area contributed by atoms with Crippen molar-refractivity contribution in [3.05, 3.63) is 29.8 Å². The topological polar surface area (TPSA) is 60.8 Å². The number of carboxylic acid groups (broad SMARTS) is 1. The normalized spacial score (nSPS) is 20.1. The molecule has 0 amide bonds. The fourth-order valence-electron chi connectivity index (χ4n) is 2.13. The van der Waals surface area contributed by atoms with Crippen molar-refractivity contribution in [2.75, 3.05) is 24.6 Å². The highest BCUT2D eigenvalue weighted by molar-refractivity contribution is 5.94. The first-order valence-electron chi connectivity index (χ1n) is 5.40. The summed E-state index contributed by atoms with van der Waals surface area (Å²) < 4.78 is 0. The molecule has 1 heterocycles. The average Bonchev–Trinajstić information content (AvgIpc) is 2.77. The molecule has 0 unspecified atom stereocenters. The van der Waals surface area contributed by atoms with Gasteiger partial charge in [-0.15, -0.1) is 0 Å². The average molecular weight is 221 g/mol. The summed E-state index contributed by atoms with van der Waals surface area (Å²) >= 11 is 0. The van der Waals surface area contributed by atoms with Gasteiger partial charge in [-0.05, 0) is 18.6 Å². The summed E-state index contributed by atoms with van der Waals surface area (Å²) in [5.41, 5.74) is 1.09. The number of aliphatic hydroxyl groups is 1. The number of para-hydroxylation sites is 1. The zero-order valence-electron chi connectivity index (χ0n) is 8.97. The molecule has 2 rings (SSSR count). The van der Waals surface area contributed by atoms with Crippen molar-refractivity contribution in [1.82, 2.24) is 0 Å². The van der Waals surface area contributed by atoms with Crippen molar-refractivity contribution in [3.63, 3.8) is 0 Å². The number of benzene rings is 1. The fraction of sp³-hybridized carbons (Fsp3) is 0.417. The summed E-state index contributed by atoms with van der Waals surface area (Å²) in [6.45, 7) is 1.72. The molecule has 16 heavy (non-hydrogen) atoms.